The van der Waals surface area contributed by atoms with Crippen LogP contribution >= 0.6 is 0 Å². The summed E-state index contributed by atoms with van der Waals surface area (Å²) in [6.45, 7) is -0.194. The SMILES string of the molecule is c1ccc(-c2ccccc2N2c3ccc(-c4ccc5oc6ccccc6c5c4)cc3B3c4ccc(-c5ccc6oc7ccccc7c6c5)cc4N(c4ccccc4-c4ccccc4)c4cc(-n5c6ccccc6c6ccccc65)cc2c43)cc1. The number of nitrogens with zero attached hydrogens (tertiary/aromatic N) is 3. The van der Waals surface area contributed by atoms with E-state index >= 15 is 0 Å². The van der Waals surface area contributed by atoms with Crippen LogP contribution in [0.1, 0.15) is 0 Å². The van der Waals surface area contributed by atoms with E-state index in [4.69, 9.17) is 8.83 Å². The summed E-state index contributed by atoms with van der Waals surface area (Å²) in [6, 6.07) is 107. The van der Waals surface area contributed by atoms with E-state index < -0.39 is 0 Å². The van der Waals surface area contributed by atoms with Crippen molar-refractivity contribution in [2.24, 2.45) is 0 Å². The van der Waals surface area contributed by atoms with Crippen molar-refractivity contribution in [1.82, 2.24) is 4.57 Å². The third-order valence-electron chi connectivity index (χ3n) is 17.8. The summed E-state index contributed by atoms with van der Waals surface area (Å²) in [5.41, 5.74) is 26.4. The predicted octanol–water partition coefficient (Wildman–Crippen LogP) is 19.3. The highest BCUT2D eigenvalue weighted by atomic mass is 16.3. The zero-order valence-corrected chi connectivity index (χ0v) is 45.4. The van der Waals surface area contributed by atoms with Crippen LogP contribution in [0.3, 0.4) is 0 Å². The van der Waals surface area contributed by atoms with Crippen LogP contribution in [0, 0.1) is 0 Å². The third kappa shape index (κ3) is 6.98. The molecule has 18 rings (SSSR count). The first kappa shape index (κ1) is 46.7. The summed E-state index contributed by atoms with van der Waals surface area (Å²) in [6.07, 6.45) is 0. The lowest BCUT2D eigenvalue weighted by Crippen LogP contribution is -2.61. The van der Waals surface area contributed by atoms with Crippen LogP contribution in [0.25, 0.3) is 116 Å². The van der Waals surface area contributed by atoms with E-state index in [9.17, 15) is 0 Å². The number of para-hydroxylation sites is 6. The first-order chi connectivity index (χ1) is 41.7. The van der Waals surface area contributed by atoms with Gasteiger partial charge in [-0.1, -0.05) is 206 Å². The van der Waals surface area contributed by atoms with Gasteiger partial charge in [0.15, 0.2) is 0 Å². The highest BCUT2D eigenvalue weighted by molar-refractivity contribution is 7.00. The molecule has 2 aliphatic heterocycles. The average molecular weight is 1070 g/mol. The Morgan fingerprint density at radius 2 is 0.679 bits per heavy atom. The first-order valence-electron chi connectivity index (χ1n) is 28.8. The van der Waals surface area contributed by atoms with Crippen LogP contribution in [-0.4, -0.2) is 11.3 Å². The topological polar surface area (TPSA) is 37.7 Å². The normalized spacial score (nSPS) is 12.7. The van der Waals surface area contributed by atoms with E-state index in [2.05, 4.69) is 293 Å². The van der Waals surface area contributed by atoms with Crippen molar-refractivity contribution in [3.8, 4) is 50.2 Å². The van der Waals surface area contributed by atoms with Crippen LogP contribution in [0.15, 0.2) is 300 Å². The molecule has 2 aliphatic rings. The van der Waals surface area contributed by atoms with E-state index in [0.29, 0.717) is 0 Å². The maximum absolute atomic E-state index is 6.41. The molecule has 5 nitrogen and oxygen atoms in total. The Morgan fingerprint density at radius 1 is 0.250 bits per heavy atom. The van der Waals surface area contributed by atoms with Crippen LogP contribution < -0.4 is 26.2 Å². The van der Waals surface area contributed by atoms with E-state index in [0.717, 1.165) is 139 Å². The van der Waals surface area contributed by atoms with Crippen LogP contribution in [-0.2, 0) is 0 Å². The van der Waals surface area contributed by atoms with Crippen molar-refractivity contribution in [2.45, 2.75) is 0 Å². The summed E-state index contributed by atoms with van der Waals surface area (Å²) in [5.74, 6) is 0. The number of hydrogen-bond donors (Lipinski definition) is 0. The number of anilines is 6. The Bertz CT molecular complexity index is 5310. The van der Waals surface area contributed by atoms with Gasteiger partial charge in [-0.3, -0.25) is 0 Å². The molecule has 6 heteroatoms. The van der Waals surface area contributed by atoms with Crippen molar-refractivity contribution < 1.29 is 8.83 Å². The molecule has 0 amide bonds. The molecule has 0 spiro atoms. The number of furan rings is 2. The summed E-state index contributed by atoms with van der Waals surface area (Å²) in [5, 5.41) is 6.86. The van der Waals surface area contributed by atoms with Crippen LogP contribution in [0.2, 0.25) is 0 Å². The minimum absolute atomic E-state index is 0.194. The van der Waals surface area contributed by atoms with Crippen molar-refractivity contribution in [2.75, 3.05) is 9.80 Å². The molecule has 84 heavy (non-hydrogen) atoms. The van der Waals surface area contributed by atoms with Gasteiger partial charge in [-0.05, 0) is 135 Å². The maximum Gasteiger partial charge on any atom is 0.252 e. The monoisotopic (exact) mass is 1070 g/mol. The molecule has 3 aromatic heterocycles. The molecular formula is C78H48BN3O2. The van der Waals surface area contributed by atoms with Crippen molar-refractivity contribution in [3.05, 3.63) is 291 Å². The van der Waals surface area contributed by atoms with E-state index in [1.54, 1.807) is 0 Å². The second kappa shape index (κ2) is 18.2. The van der Waals surface area contributed by atoms with Gasteiger partial charge in [0.05, 0.1) is 28.1 Å². The molecule has 0 unspecified atom stereocenters. The number of rotatable bonds is 7. The Hall–Kier alpha value is -11.1. The Kier molecular flexibility index (Phi) is 10.1. The van der Waals surface area contributed by atoms with E-state index in [1.165, 1.54) is 27.2 Å². The molecule has 0 radical (unpaired) electrons. The molecule has 390 valence electrons. The van der Waals surface area contributed by atoms with Gasteiger partial charge in [-0.25, -0.2) is 0 Å². The van der Waals surface area contributed by atoms with E-state index in [-0.39, 0.29) is 6.71 Å². The van der Waals surface area contributed by atoms with Crippen molar-refractivity contribution in [3.63, 3.8) is 0 Å². The molecular weight excluding hydrogens is 1020 g/mol. The van der Waals surface area contributed by atoms with Crippen molar-refractivity contribution >= 4 is 123 Å². The zero-order chi connectivity index (χ0) is 55.0. The quantitative estimate of drug-likeness (QED) is 0.149. The highest BCUT2D eigenvalue weighted by Gasteiger charge is 2.45. The highest BCUT2D eigenvalue weighted by Crippen LogP contribution is 2.51. The predicted molar refractivity (Wildman–Crippen MR) is 351 cm³/mol. The summed E-state index contributed by atoms with van der Waals surface area (Å²) in [4.78, 5) is 5.17. The number of fused-ring (bicyclic) bond motifs is 13. The lowest BCUT2D eigenvalue weighted by atomic mass is 9.33. The van der Waals surface area contributed by atoms with E-state index in [1.807, 2.05) is 12.1 Å². The third-order valence-corrected chi connectivity index (χ3v) is 17.8. The average Bonchev–Trinajstić information content (AvgIpc) is 1.99. The second-order valence-corrected chi connectivity index (χ2v) is 22.3. The molecule has 5 heterocycles. The molecule has 0 aliphatic carbocycles. The minimum atomic E-state index is -0.194. The lowest BCUT2D eigenvalue weighted by Gasteiger charge is -2.45. The fourth-order valence-electron chi connectivity index (χ4n) is 14.1. The molecule has 0 saturated carbocycles. The van der Waals surface area contributed by atoms with Gasteiger partial charge in [-0.15, -0.1) is 0 Å². The number of aromatic nitrogens is 1. The Labute approximate surface area is 484 Å². The van der Waals surface area contributed by atoms with Gasteiger partial charge < -0.3 is 23.2 Å². The van der Waals surface area contributed by atoms with Gasteiger partial charge >= 0.3 is 0 Å². The Balaban J connectivity index is 0.974. The molecule has 0 bridgehead atoms. The molecule has 0 atom stereocenters. The number of hydrogen-bond acceptors (Lipinski definition) is 4. The zero-order valence-electron chi connectivity index (χ0n) is 45.4. The summed E-state index contributed by atoms with van der Waals surface area (Å²) >= 11 is 0. The molecule has 0 fully saturated rings. The first-order valence-corrected chi connectivity index (χ1v) is 28.8. The fraction of sp³-hybridized carbons (Fsp3) is 0. The molecule has 13 aromatic carbocycles. The minimum Gasteiger partial charge on any atom is -0.456 e. The summed E-state index contributed by atoms with van der Waals surface area (Å²) in [7, 11) is 0. The largest absolute Gasteiger partial charge is 0.456 e. The maximum atomic E-state index is 6.41. The van der Waals surface area contributed by atoms with Crippen LogP contribution in [0.4, 0.5) is 34.1 Å². The standard InChI is InChI=1S/C78H48BN3O2/c1-3-19-49(20-4-1)56-23-7-13-29-66(56)81-70-40-36-53(51-37-41-76-62(43-51)60-27-11-17-33-74(60)83-76)45-65(70)79-64-39-35-54(52-38-42-77-63(44-52)61-28-12-18-34-75(61)84-77)46-71(64)82(67-30-14-8-24-57(67)50-21-5-2-6-22-50)73-48-55(47-72(81)78(73)79)80-68-31-15-9-25-58(68)59-26-10-16-32-69(59)80/h1-48H. The van der Waals surface area contributed by atoms with Gasteiger partial charge in [0, 0.05) is 66.2 Å². The van der Waals surface area contributed by atoms with Gasteiger partial charge in [-0.2, -0.15) is 0 Å². The lowest BCUT2D eigenvalue weighted by molar-refractivity contribution is 0.668. The van der Waals surface area contributed by atoms with Gasteiger partial charge in [0.1, 0.15) is 22.3 Å². The fourth-order valence-corrected chi connectivity index (χ4v) is 14.1. The van der Waals surface area contributed by atoms with Crippen LogP contribution in [0.5, 0.6) is 0 Å². The number of benzene rings is 13. The van der Waals surface area contributed by atoms with Gasteiger partial charge in [0.25, 0.3) is 6.71 Å². The molecule has 0 saturated heterocycles. The second-order valence-electron chi connectivity index (χ2n) is 22.3. The Morgan fingerprint density at radius 3 is 1.25 bits per heavy atom. The van der Waals surface area contributed by atoms with Gasteiger partial charge in [0.2, 0.25) is 0 Å². The molecule has 16 aromatic rings. The molecule has 0 N–H and O–H groups in total. The summed E-state index contributed by atoms with van der Waals surface area (Å²) < 4.78 is 15.3. The smallest absolute Gasteiger partial charge is 0.252 e. The van der Waals surface area contributed by atoms with Crippen molar-refractivity contribution in [1.29, 1.82) is 0 Å².